The number of aromatic nitrogens is 4. The van der Waals surface area contributed by atoms with E-state index in [1.54, 1.807) is 27.8 Å². The van der Waals surface area contributed by atoms with Gasteiger partial charge in [-0.1, -0.05) is 30.3 Å². The Kier molecular flexibility index (Phi) is 5.24. The molecule has 1 aliphatic heterocycles. The molecule has 2 amide bonds. The van der Waals surface area contributed by atoms with Crippen LogP contribution in [0, 0.1) is 5.82 Å². The van der Waals surface area contributed by atoms with E-state index in [4.69, 9.17) is 0 Å². The average Bonchev–Trinajstić information content (AvgIpc) is 3.19. The molecule has 144 valence electrons. The summed E-state index contributed by atoms with van der Waals surface area (Å²) in [5, 5.41) is 14.6. The Hall–Kier alpha value is -3.33. The largest absolute Gasteiger partial charge is 0.322 e. The SMILES string of the molecule is O=C(Nc1ccccc1F)N1CCN(Cc2nnnn2-c2ccccc2)CC1. The van der Waals surface area contributed by atoms with Crippen LogP contribution in [0.2, 0.25) is 0 Å². The second-order valence-electron chi connectivity index (χ2n) is 6.52. The standard InChI is InChI=1S/C19H20FN7O/c20-16-8-4-5-9-17(16)21-19(28)26-12-10-25(11-13-26)14-18-22-23-24-27(18)15-6-2-1-3-7-15/h1-9H,10-14H2,(H,21,28). The van der Waals surface area contributed by atoms with Gasteiger partial charge in [0.2, 0.25) is 0 Å². The Bertz CT molecular complexity index is 938. The number of tetrazole rings is 1. The summed E-state index contributed by atoms with van der Waals surface area (Å²) in [5.74, 6) is 0.303. The molecule has 9 heteroatoms. The van der Waals surface area contributed by atoms with Crippen LogP contribution in [-0.4, -0.2) is 62.2 Å². The zero-order chi connectivity index (χ0) is 19.3. The van der Waals surface area contributed by atoms with Gasteiger partial charge in [-0.05, 0) is 34.7 Å². The molecular weight excluding hydrogens is 361 g/mol. The van der Waals surface area contributed by atoms with Gasteiger partial charge in [-0.25, -0.2) is 9.18 Å². The third kappa shape index (κ3) is 3.99. The summed E-state index contributed by atoms with van der Waals surface area (Å²) in [7, 11) is 0. The maximum Gasteiger partial charge on any atom is 0.322 e. The second kappa shape index (κ2) is 8.13. The molecule has 0 radical (unpaired) electrons. The number of rotatable bonds is 4. The third-order valence-corrected chi connectivity index (χ3v) is 4.67. The summed E-state index contributed by atoms with van der Waals surface area (Å²) in [4.78, 5) is 16.3. The van der Waals surface area contributed by atoms with Gasteiger partial charge >= 0.3 is 6.03 Å². The molecule has 2 aromatic carbocycles. The van der Waals surface area contributed by atoms with Gasteiger partial charge in [0.25, 0.3) is 0 Å². The van der Waals surface area contributed by atoms with Gasteiger partial charge in [0.05, 0.1) is 17.9 Å². The third-order valence-electron chi connectivity index (χ3n) is 4.67. The minimum absolute atomic E-state index is 0.192. The van der Waals surface area contributed by atoms with Crippen LogP contribution in [0.15, 0.2) is 54.6 Å². The number of amides is 2. The van der Waals surface area contributed by atoms with E-state index in [0.29, 0.717) is 32.7 Å². The first kappa shape index (κ1) is 18.1. The van der Waals surface area contributed by atoms with Gasteiger partial charge in [-0.15, -0.1) is 5.10 Å². The molecule has 0 spiro atoms. The maximum atomic E-state index is 13.7. The minimum atomic E-state index is -0.442. The molecule has 1 saturated heterocycles. The summed E-state index contributed by atoms with van der Waals surface area (Å²) < 4.78 is 15.4. The highest BCUT2D eigenvalue weighted by Gasteiger charge is 2.23. The number of benzene rings is 2. The van der Waals surface area contributed by atoms with E-state index < -0.39 is 5.82 Å². The van der Waals surface area contributed by atoms with E-state index in [1.807, 2.05) is 30.3 Å². The smallest absolute Gasteiger partial charge is 0.322 e. The fourth-order valence-corrected chi connectivity index (χ4v) is 3.14. The predicted molar refractivity (Wildman–Crippen MR) is 101 cm³/mol. The van der Waals surface area contributed by atoms with Crippen molar-refractivity contribution in [2.75, 3.05) is 31.5 Å². The van der Waals surface area contributed by atoms with Crippen LogP contribution in [0.25, 0.3) is 5.69 Å². The lowest BCUT2D eigenvalue weighted by molar-refractivity contribution is 0.140. The molecule has 1 aliphatic rings. The van der Waals surface area contributed by atoms with Crippen molar-refractivity contribution < 1.29 is 9.18 Å². The van der Waals surface area contributed by atoms with E-state index >= 15 is 0 Å². The Labute approximate surface area is 161 Å². The highest BCUT2D eigenvalue weighted by molar-refractivity contribution is 5.89. The number of hydrogen-bond donors (Lipinski definition) is 1. The summed E-state index contributed by atoms with van der Waals surface area (Å²) >= 11 is 0. The number of carbonyl (C=O) groups is 1. The molecule has 0 bridgehead atoms. The molecule has 28 heavy (non-hydrogen) atoms. The van der Waals surface area contributed by atoms with E-state index in [0.717, 1.165) is 11.5 Å². The van der Waals surface area contributed by atoms with Crippen molar-refractivity contribution in [3.05, 3.63) is 66.2 Å². The topological polar surface area (TPSA) is 79.2 Å². The quantitative estimate of drug-likeness (QED) is 0.749. The van der Waals surface area contributed by atoms with Crippen molar-refractivity contribution in [1.82, 2.24) is 30.0 Å². The minimum Gasteiger partial charge on any atom is -0.322 e. The van der Waals surface area contributed by atoms with E-state index in [1.165, 1.54) is 6.07 Å². The second-order valence-corrected chi connectivity index (χ2v) is 6.52. The molecular formula is C19H20FN7O. The predicted octanol–water partition coefficient (Wildman–Crippen LogP) is 2.15. The van der Waals surface area contributed by atoms with E-state index in [9.17, 15) is 9.18 Å². The zero-order valence-corrected chi connectivity index (χ0v) is 15.2. The number of halogens is 1. The van der Waals surface area contributed by atoms with Crippen molar-refractivity contribution in [3.63, 3.8) is 0 Å². The maximum absolute atomic E-state index is 13.7. The first-order valence-corrected chi connectivity index (χ1v) is 9.06. The molecule has 1 N–H and O–H groups in total. The molecule has 0 saturated carbocycles. The fraction of sp³-hybridized carbons (Fsp3) is 0.263. The number of carbonyl (C=O) groups excluding carboxylic acids is 1. The van der Waals surface area contributed by atoms with Crippen molar-refractivity contribution in [1.29, 1.82) is 0 Å². The molecule has 1 aromatic heterocycles. The Morgan fingerprint density at radius 2 is 1.71 bits per heavy atom. The molecule has 4 rings (SSSR count). The Morgan fingerprint density at radius 1 is 1.00 bits per heavy atom. The molecule has 3 aromatic rings. The molecule has 0 unspecified atom stereocenters. The van der Waals surface area contributed by atoms with Gasteiger partial charge in [0.1, 0.15) is 5.82 Å². The normalized spacial score (nSPS) is 14.8. The molecule has 8 nitrogen and oxygen atoms in total. The van der Waals surface area contributed by atoms with Crippen LogP contribution in [-0.2, 0) is 6.54 Å². The lowest BCUT2D eigenvalue weighted by Crippen LogP contribution is -2.49. The van der Waals surface area contributed by atoms with Crippen LogP contribution < -0.4 is 5.32 Å². The lowest BCUT2D eigenvalue weighted by atomic mass is 10.3. The van der Waals surface area contributed by atoms with Crippen LogP contribution in [0.4, 0.5) is 14.9 Å². The highest BCUT2D eigenvalue weighted by Crippen LogP contribution is 2.15. The first-order valence-electron chi connectivity index (χ1n) is 9.06. The number of urea groups is 1. The van der Waals surface area contributed by atoms with Crippen LogP contribution in [0.1, 0.15) is 5.82 Å². The number of nitrogens with one attached hydrogen (secondary N) is 1. The van der Waals surface area contributed by atoms with Crippen molar-refractivity contribution in [3.8, 4) is 5.69 Å². The van der Waals surface area contributed by atoms with E-state index in [2.05, 4.69) is 25.7 Å². The lowest BCUT2D eigenvalue weighted by Gasteiger charge is -2.34. The van der Waals surface area contributed by atoms with Crippen LogP contribution in [0.5, 0.6) is 0 Å². The average molecular weight is 381 g/mol. The number of hydrogen-bond acceptors (Lipinski definition) is 5. The van der Waals surface area contributed by atoms with Gasteiger partial charge in [0.15, 0.2) is 5.82 Å². The molecule has 0 aliphatic carbocycles. The number of para-hydroxylation sites is 2. The van der Waals surface area contributed by atoms with Crippen molar-refractivity contribution in [2.24, 2.45) is 0 Å². The summed E-state index contributed by atoms with van der Waals surface area (Å²) in [6.45, 7) is 3.06. The van der Waals surface area contributed by atoms with Gasteiger partial charge in [-0.3, -0.25) is 4.90 Å². The molecule has 0 atom stereocenters. The molecule has 1 fully saturated rings. The van der Waals surface area contributed by atoms with Crippen LogP contribution in [0.3, 0.4) is 0 Å². The highest BCUT2D eigenvalue weighted by atomic mass is 19.1. The summed E-state index contributed by atoms with van der Waals surface area (Å²) in [5.41, 5.74) is 1.10. The molecule has 2 heterocycles. The monoisotopic (exact) mass is 381 g/mol. The van der Waals surface area contributed by atoms with Gasteiger partial charge in [-0.2, -0.15) is 4.68 Å². The van der Waals surface area contributed by atoms with Gasteiger partial charge in [0, 0.05) is 26.2 Å². The van der Waals surface area contributed by atoms with Crippen molar-refractivity contribution >= 4 is 11.7 Å². The number of anilines is 1. The Morgan fingerprint density at radius 3 is 2.46 bits per heavy atom. The Balaban J connectivity index is 1.33. The number of piperazine rings is 1. The van der Waals surface area contributed by atoms with Crippen molar-refractivity contribution in [2.45, 2.75) is 6.54 Å². The van der Waals surface area contributed by atoms with Crippen LogP contribution >= 0.6 is 0 Å². The number of nitrogens with zero attached hydrogens (tertiary/aromatic N) is 6. The zero-order valence-electron chi connectivity index (χ0n) is 15.2. The van der Waals surface area contributed by atoms with Gasteiger partial charge < -0.3 is 10.2 Å². The first-order chi connectivity index (χ1) is 13.7. The summed E-state index contributed by atoms with van der Waals surface area (Å²) in [6.07, 6.45) is 0. The fourth-order valence-electron chi connectivity index (χ4n) is 3.14. The van der Waals surface area contributed by atoms with E-state index in [-0.39, 0.29) is 11.7 Å². The summed E-state index contributed by atoms with van der Waals surface area (Å²) in [6, 6.07) is 15.6.